The van der Waals surface area contributed by atoms with Gasteiger partial charge in [-0.3, -0.25) is 0 Å². The molecule has 0 radical (unpaired) electrons. The van der Waals surface area contributed by atoms with Crippen LogP contribution in [0.25, 0.3) is 0 Å². The molecule has 8 fully saturated rings. The highest BCUT2D eigenvalue weighted by atomic mass is 16.8. The Labute approximate surface area is 432 Å². The smallest absolute Gasteiger partial charge is 0.187 e. The fraction of sp³-hybridized carbons (Fsp3) is 0.962. The summed E-state index contributed by atoms with van der Waals surface area (Å²) in [6.45, 7) is 11.1. The molecule has 22 heteroatoms. The number of hydrogen-bond acceptors (Lipinski definition) is 22. The van der Waals surface area contributed by atoms with Crippen LogP contribution in [0.2, 0.25) is 0 Å². The molecule has 0 aromatic rings. The number of methoxy groups -OCH3 is 1. The zero-order valence-corrected chi connectivity index (χ0v) is 43.7. The van der Waals surface area contributed by atoms with E-state index < -0.39 is 142 Å². The summed E-state index contributed by atoms with van der Waals surface area (Å²) in [6.07, 6.45) is -19.2. The first kappa shape index (κ1) is 57.5. The number of allylic oxidation sites excluding steroid dienone is 1. The van der Waals surface area contributed by atoms with Crippen molar-refractivity contribution in [1.82, 2.24) is 0 Å². The molecule has 5 heterocycles. The maximum absolute atomic E-state index is 11.6. The summed E-state index contributed by atoms with van der Waals surface area (Å²) in [5.74, 6) is 1.03. The van der Waals surface area contributed by atoms with E-state index in [9.17, 15) is 61.3 Å². The Morgan fingerprint density at radius 2 is 1.24 bits per heavy atom. The Morgan fingerprint density at radius 3 is 1.93 bits per heavy atom. The largest absolute Gasteiger partial charge is 0.394 e. The summed E-state index contributed by atoms with van der Waals surface area (Å²) in [4.78, 5) is 0. The molecule has 5 aliphatic heterocycles. The lowest BCUT2D eigenvalue weighted by molar-refractivity contribution is -0.386. The van der Waals surface area contributed by atoms with Crippen LogP contribution < -0.4 is 0 Å². The zero-order chi connectivity index (χ0) is 53.5. The second-order valence-corrected chi connectivity index (χ2v) is 24.0. The molecule has 5 saturated heterocycles. The minimum absolute atomic E-state index is 0.0139. The van der Waals surface area contributed by atoms with Gasteiger partial charge in [0.25, 0.3) is 0 Å². The number of rotatable bonds is 15. The number of hydrogen-bond donors (Lipinski definition) is 12. The topological polar surface area (TPSA) is 335 Å². The second-order valence-electron chi connectivity index (χ2n) is 24.0. The van der Waals surface area contributed by atoms with Crippen LogP contribution in [0.1, 0.15) is 99.3 Å². The van der Waals surface area contributed by atoms with Crippen LogP contribution in [-0.4, -0.2) is 229 Å². The van der Waals surface area contributed by atoms with Gasteiger partial charge >= 0.3 is 0 Å². The van der Waals surface area contributed by atoms with E-state index in [1.54, 1.807) is 7.11 Å². The van der Waals surface area contributed by atoms with Crippen molar-refractivity contribution in [3.05, 3.63) is 11.6 Å². The lowest BCUT2D eigenvalue weighted by Gasteiger charge is -2.58. The highest BCUT2D eigenvalue weighted by molar-refractivity contribution is 5.26. The predicted molar refractivity (Wildman–Crippen MR) is 254 cm³/mol. The van der Waals surface area contributed by atoms with Crippen molar-refractivity contribution < 1.29 is 109 Å². The van der Waals surface area contributed by atoms with Crippen LogP contribution in [0, 0.1) is 46.3 Å². The molecule has 12 N–H and O–H groups in total. The summed E-state index contributed by atoms with van der Waals surface area (Å²) in [6, 6.07) is 0. The van der Waals surface area contributed by atoms with Crippen molar-refractivity contribution in [3.8, 4) is 0 Å². The normalized spacial score (nSPS) is 54.9. The van der Waals surface area contributed by atoms with Crippen molar-refractivity contribution in [2.24, 2.45) is 46.3 Å². The third-order valence-electron chi connectivity index (χ3n) is 19.8. The van der Waals surface area contributed by atoms with Crippen molar-refractivity contribution in [1.29, 1.82) is 0 Å². The van der Waals surface area contributed by atoms with Gasteiger partial charge in [0, 0.05) is 19.4 Å². The molecule has 0 aromatic carbocycles. The van der Waals surface area contributed by atoms with Crippen LogP contribution in [0.5, 0.6) is 0 Å². The molecule has 9 aliphatic rings. The molecule has 0 spiro atoms. The van der Waals surface area contributed by atoms with Gasteiger partial charge in [-0.25, -0.2) is 0 Å². The molecule has 426 valence electrons. The molecule has 0 amide bonds. The van der Waals surface area contributed by atoms with Gasteiger partial charge in [0.2, 0.25) is 0 Å². The van der Waals surface area contributed by atoms with Gasteiger partial charge in [0.15, 0.2) is 30.9 Å². The van der Waals surface area contributed by atoms with E-state index in [1.165, 1.54) is 19.4 Å². The maximum Gasteiger partial charge on any atom is 0.187 e. The lowest BCUT2D eigenvalue weighted by atomic mass is 9.47. The van der Waals surface area contributed by atoms with Gasteiger partial charge < -0.3 is 109 Å². The minimum atomic E-state index is -1.76. The molecule has 22 nitrogen and oxygen atoms in total. The first-order valence-electron chi connectivity index (χ1n) is 27.2. The Balaban J connectivity index is 0.800. The van der Waals surface area contributed by atoms with E-state index in [4.69, 9.17) is 47.4 Å². The van der Waals surface area contributed by atoms with Crippen molar-refractivity contribution in [3.63, 3.8) is 0 Å². The van der Waals surface area contributed by atoms with E-state index in [1.807, 2.05) is 6.92 Å². The van der Waals surface area contributed by atoms with Crippen LogP contribution in [0.3, 0.4) is 0 Å². The third-order valence-corrected chi connectivity index (χ3v) is 19.8. The minimum Gasteiger partial charge on any atom is -0.394 e. The van der Waals surface area contributed by atoms with E-state index in [0.717, 1.165) is 32.1 Å². The van der Waals surface area contributed by atoms with Crippen LogP contribution >= 0.6 is 0 Å². The van der Waals surface area contributed by atoms with Crippen molar-refractivity contribution in [2.45, 2.75) is 240 Å². The molecule has 3 saturated carbocycles. The molecule has 4 aliphatic carbocycles. The van der Waals surface area contributed by atoms with Gasteiger partial charge in [0.1, 0.15) is 85.5 Å². The average molecular weight is 1060 g/mol. The number of fused-ring (bicyclic) bond motifs is 7. The highest BCUT2D eigenvalue weighted by Crippen LogP contribution is 2.70. The van der Waals surface area contributed by atoms with Gasteiger partial charge in [-0.1, -0.05) is 39.3 Å². The zero-order valence-electron chi connectivity index (χ0n) is 43.7. The summed E-state index contributed by atoms with van der Waals surface area (Å²) >= 11 is 0. The Morgan fingerprint density at radius 1 is 0.649 bits per heavy atom. The molecule has 31 atom stereocenters. The monoisotopic (exact) mass is 1060 g/mol. The second kappa shape index (κ2) is 22.4. The fourth-order valence-corrected chi connectivity index (χ4v) is 15.3. The van der Waals surface area contributed by atoms with Gasteiger partial charge in [-0.05, 0) is 106 Å². The van der Waals surface area contributed by atoms with Gasteiger partial charge in [0.05, 0.1) is 44.2 Å². The van der Waals surface area contributed by atoms with E-state index >= 15 is 0 Å². The van der Waals surface area contributed by atoms with E-state index in [2.05, 4.69) is 26.8 Å². The first-order valence-corrected chi connectivity index (χ1v) is 27.2. The molecule has 3 unspecified atom stereocenters. The lowest BCUT2D eigenvalue weighted by Crippen LogP contribution is -2.66. The van der Waals surface area contributed by atoms with E-state index in [0.29, 0.717) is 49.4 Å². The Bertz CT molecular complexity index is 1910. The quantitative estimate of drug-likeness (QED) is 0.0846. The van der Waals surface area contributed by atoms with Gasteiger partial charge in [-0.15, -0.1) is 0 Å². The number of aliphatic hydroxyl groups is 12. The van der Waals surface area contributed by atoms with Crippen molar-refractivity contribution in [2.75, 3.05) is 26.9 Å². The SMILES string of the molecule is CO[C@]1(CC[C@@H](C)CO[C@@H]2O[C@H](CO)[C@@H](O)[C@H](O)[C@H]2O)O[C@H]2CC3C4CC=C5C[C@@H](O[C@@H]6O[C@H](CO)[C@@H](O[C@@H]7O[C@@H](C)[C@H](O)[C@@H](O)[C@H]7O[C@H]7O[C@@H](C)[C@H](O)[C@@H](O)[C@H]7O)[C@H](O)[C@H]6O)CC[C@]5(C)C4CC[C@]3(C)[C@H]2[C@@H]1C. The summed E-state index contributed by atoms with van der Waals surface area (Å²) < 4.78 is 60.8. The number of ether oxygens (including phenoxy) is 10. The standard InChI is InChI=1S/C52H86O22/c1-21(20-66-46-41(62)38(59)36(57)31(18-53)70-46)10-15-52(65-7)22(2)33-30(74-52)17-29-27-9-8-25-16-26(11-13-50(25,5)28(27)12-14-51(29,33)6)69-48-43(64)40(61)44(32(19-54)71-48)72-49-45(39(60)35(56)24(4)68-49)73-47-42(63)37(58)34(55)23(3)67-47/h8,21-24,26-49,53-64H,9-20H2,1-7H3/t21-,22+,23+,24+,26+,27?,28?,29?,30+,31-,32-,33+,34+,35+,36-,37-,38+,39-,40-,41-,42-,43-,44-,45-,46-,47-,48-,49+,50+,51+,52-/m1/s1. The van der Waals surface area contributed by atoms with Crippen LogP contribution in [0.15, 0.2) is 11.6 Å². The molecule has 0 aromatic heterocycles. The Hall–Kier alpha value is -1.14. The summed E-state index contributed by atoms with van der Waals surface area (Å²) in [7, 11) is 1.72. The maximum atomic E-state index is 11.6. The Kier molecular flexibility index (Phi) is 17.4. The predicted octanol–water partition coefficient (Wildman–Crippen LogP) is -1.33. The van der Waals surface area contributed by atoms with Gasteiger partial charge in [-0.2, -0.15) is 0 Å². The van der Waals surface area contributed by atoms with Crippen LogP contribution in [-0.2, 0) is 47.4 Å². The molecule has 9 rings (SSSR count). The first-order chi connectivity index (χ1) is 35.0. The molecular weight excluding hydrogens is 977 g/mol. The summed E-state index contributed by atoms with van der Waals surface area (Å²) in [5.41, 5.74) is 1.29. The van der Waals surface area contributed by atoms with Crippen molar-refractivity contribution >= 4 is 0 Å². The molecule has 0 bridgehead atoms. The van der Waals surface area contributed by atoms with Crippen LogP contribution in [0.4, 0.5) is 0 Å². The average Bonchev–Trinajstić information content (AvgIpc) is 3.84. The fourth-order valence-electron chi connectivity index (χ4n) is 15.3. The third kappa shape index (κ3) is 10.1. The highest BCUT2D eigenvalue weighted by Gasteiger charge is 2.68. The van der Waals surface area contributed by atoms with E-state index in [-0.39, 0.29) is 41.5 Å². The molecular formula is C52H86O22. The summed E-state index contributed by atoms with van der Waals surface area (Å²) in [5, 5.41) is 127. The number of aliphatic hydroxyl groups excluding tert-OH is 12. The molecule has 74 heavy (non-hydrogen) atoms.